The number of halogens is 1. The first-order valence-corrected chi connectivity index (χ1v) is 5.88. The second-order valence-electron chi connectivity index (χ2n) is 4.47. The molecule has 0 bridgehead atoms. The first-order valence-electron chi connectivity index (χ1n) is 5.88. The van der Waals surface area contributed by atoms with Crippen molar-refractivity contribution < 1.29 is 9.50 Å². The van der Waals surface area contributed by atoms with Gasteiger partial charge in [-0.3, -0.25) is 0 Å². The molecular formula is C13H18FNO. The van der Waals surface area contributed by atoms with Crippen LogP contribution in [0.2, 0.25) is 0 Å². The first-order chi connectivity index (χ1) is 7.75. The number of rotatable bonds is 3. The van der Waals surface area contributed by atoms with Crippen molar-refractivity contribution in [2.75, 3.05) is 13.1 Å². The van der Waals surface area contributed by atoms with Crippen LogP contribution in [0.4, 0.5) is 4.39 Å². The summed E-state index contributed by atoms with van der Waals surface area (Å²) in [7, 11) is 0. The summed E-state index contributed by atoms with van der Waals surface area (Å²) in [6, 6.07) is 6.82. The third-order valence-corrected chi connectivity index (χ3v) is 3.26. The van der Waals surface area contributed by atoms with Gasteiger partial charge in [0, 0.05) is 6.42 Å². The summed E-state index contributed by atoms with van der Waals surface area (Å²) in [5.41, 5.74) is 0.962. The van der Waals surface area contributed by atoms with E-state index < -0.39 is 6.17 Å². The number of nitrogens with one attached hydrogen (secondary N) is 1. The van der Waals surface area contributed by atoms with Crippen molar-refractivity contribution in [1.29, 1.82) is 0 Å². The van der Waals surface area contributed by atoms with E-state index in [1.807, 2.05) is 0 Å². The van der Waals surface area contributed by atoms with Gasteiger partial charge in [-0.1, -0.05) is 12.1 Å². The highest BCUT2D eigenvalue weighted by Gasteiger charge is 2.23. The summed E-state index contributed by atoms with van der Waals surface area (Å²) in [6.07, 6.45) is 1.57. The summed E-state index contributed by atoms with van der Waals surface area (Å²) in [6.45, 7) is 1.86. The van der Waals surface area contributed by atoms with Gasteiger partial charge in [0.15, 0.2) is 0 Å². The average molecular weight is 223 g/mol. The molecule has 16 heavy (non-hydrogen) atoms. The van der Waals surface area contributed by atoms with E-state index in [4.69, 9.17) is 5.11 Å². The monoisotopic (exact) mass is 223 g/mol. The maximum Gasteiger partial charge on any atom is 0.115 e. The number of piperidine rings is 1. The van der Waals surface area contributed by atoms with Gasteiger partial charge < -0.3 is 10.4 Å². The topological polar surface area (TPSA) is 32.3 Å². The fourth-order valence-electron chi connectivity index (χ4n) is 2.23. The summed E-state index contributed by atoms with van der Waals surface area (Å²) in [5, 5.41) is 12.4. The Hall–Kier alpha value is -1.09. The highest BCUT2D eigenvalue weighted by Crippen LogP contribution is 2.23. The molecule has 0 spiro atoms. The molecule has 1 saturated heterocycles. The second-order valence-corrected chi connectivity index (χ2v) is 4.47. The highest BCUT2D eigenvalue weighted by atomic mass is 19.1. The number of aromatic hydroxyl groups is 1. The van der Waals surface area contributed by atoms with E-state index in [9.17, 15) is 4.39 Å². The lowest BCUT2D eigenvalue weighted by Gasteiger charge is -2.25. The third kappa shape index (κ3) is 2.95. The SMILES string of the molecule is Oc1ccc(CC(F)C2CCNCC2)cc1. The van der Waals surface area contributed by atoms with Crippen molar-refractivity contribution in [3.8, 4) is 5.75 Å². The molecule has 0 saturated carbocycles. The second kappa shape index (κ2) is 5.30. The van der Waals surface area contributed by atoms with Crippen molar-refractivity contribution in [3.63, 3.8) is 0 Å². The van der Waals surface area contributed by atoms with Crippen LogP contribution >= 0.6 is 0 Å². The molecule has 1 fully saturated rings. The van der Waals surface area contributed by atoms with E-state index >= 15 is 0 Å². The van der Waals surface area contributed by atoms with E-state index in [1.54, 1.807) is 24.3 Å². The molecule has 0 amide bonds. The van der Waals surface area contributed by atoms with Crippen molar-refractivity contribution >= 4 is 0 Å². The first kappa shape index (κ1) is 11.4. The number of phenolic OH excluding ortho intramolecular Hbond substituents is 1. The molecule has 3 heteroatoms. The zero-order valence-electron chi connectivity index (χ0n) is 9.32. The Bertz CT molecular complexity index is 319. The third-order valence-electron chi connectivity index (χ3n) is 3.26. The molecule has 2 nitrogen and oxygen atoms in total. The Morgan fingerprint density at radius 3 is 2.50 bits per heavy atom. The van der Waals surface area contributed by atoms with Gasteiger partial charge in [0.05, 0.1) is 0 Å². The normalized spacial score (nSPS) is 19.6. The fraction of sp³-hybridized carbons (Fsp3) is 0.538. The lowest BCUT2D eigenvalue weighted by Crippen LogP contribution is -2.33. The Morgan fingerprint density at radius 1 is 1.25 bits per heavy atom. The van der Waals surface area contributed by atoms with Crippen LogP contribution in [-0.4, -0.2) is 24.4 Å². The van der Waals surface area contributed by atoms with Gasteiger partial charge in [0.2, 0.25) is 0 Å². The Morgan fingerprint density at radius 2 is 1.88 bits per heavy atom. The van der Waals surface area contributed by atoms with Crippen LogP contribution in [0.5, 0.6) is 5.75 Å². The summed E-state index contributed by atoms with van der Waals surface area (Å²) < 4.78 is 14.0. The average Bonchev–Trinajstić information content (AvgIpc) is 2.33. The van der Waals surface area contributed by atoms with Crippen LogP contribution in [0.15, 0.2) is 24.3 Å². The molecule has 1 unspecified atom stereocenters. The van der Waals surface area contributed by atoms with Gasteiger partial charge in [0.25, 0.3) is 0 Å². The maximum absolute atomic E-state index is 14.0. The van der Waals surface area contributed by atoms with Crippen molar-refractivity contribution in [1.82, 2.24) is 5.32 Å². The van der Waals surface area contributed by atoms with Crippen LogP contribution in [0.3, 0.4) is 0 Å². The van der Waals surface area contributed by atoms with E-state index in [1.165, 1.54) is 0 Å². The predicted molar refractivity (Wildman–Crippen MR) is 62.3 cm³/mol. The van der Waals surface area contributed by atoms with Crippen molar-refractivity contribution in [2.45, 2.75) is 25.4 Å². The molecule has 88 valence electrons. The molecule has 0 radical (unpaired) electrons. The fourth-order valence-corrected chi connectivity index (χ4v) is 2.23. The van der Waals surface area contributed by atoms with E-state index in [2.05, 4.69) is 5.32 Å². The van der Waals surface area contributed by atoms with Crippen LogP contribution in [-0.2, 0) is 6.42 Å². The maximum atomic E-state index is 14.0. The number of hydrogen-bond acceptors (Lipinski definition) is 2. The number of phenols is 1. The van der Waals surface area contributed by atoms with Crippen LogP contribution < -0.4 is 5.32 Å². The van der Waals surface area contributed by atoms with Gasteiger partial charge in [-0.05, 0) is 49.5 Å². The standard InChI is InChI=1S/C13H18FNO/c14-13(11-5-7-15-8-6-11)9-10-1-3-12(16)4-2-10/h1-4,11,13,15-16H,5-9H2. The number of hydrogen-bond donors (Lipinski definition) is 2. The Labute approximate surface area is 95.5 Å². The van der Waals surface area contributed by atoms with Gasteiger partial charge in [-0.15, -0.1) is 0 Å². The predicted octanol–water partition coefficient (Wildman–Crippen LogP) is 2.27. The summed E-state index contributed by atoms with van der Waals surface area (Å²) in [4.78, 5) is 0. The van der Waals surface area contributed by atoms with Crippen LogP contribution in [0.1, 0.15) is 18.4 Å². The van der Waals surface area contributed by atoms with Crippen LogP contribution in [0, 0.1) is 5.92 Å². The highest BCUT2D eigenvalue weighted by molar-refractivity contribution is 5.26. The van der Waals surface area contributed by atoms with E-state index in [-0.39, 0.29) is 11.7 Å². The van der Waals surface area contributed by atoms with Gasteiger partial charge in [-0.25, -0.2) is 4.39 Å². The number of alkyl halides is 1. The quantitative estimate of drug-likeness (QED) is 0.824. The molecular weight excluding hydrogens is 205 g/mol. The lowest BCUT2D eigenvalue weighted by atomic mass is 9.89. The Balaban J connectivity index is 1.90. The zero-order chi connectivity index (χ0) is 11.4. The lowest BCUT2D eigenvalue weighted by molar-refractivity contribution is 0.187. The zero-order valence-corrected chi connectivity index (χ0v) is 9.32. The molecule has 1 aliphatic rings. The van der Waals surface area contributed by atoms with E-state index in [0.717, 1.165) is 31.5 Å². The summed E-state index contributed by atoms with van der Waals surface area (Å²) in [5.74, 6) is 0.427. The molecule has 1 atom stereocenters. The van der Waals surface area contributed by atoms with Gasteiger partial charge in [-0.2, -0.15) is 0 Å². The molecule has 0 aliphatic carbocycles. The Kier molecular flexibility index (Phi) is 3.78. The molecule has 0 aromatic heterocycles. The van der Waals surface area contributed by atoms with Crippen LogP contribution in [0.25, 0.3) is 0 Å². The minimum Gasteiger partial charge on any atom is -0.508 e. The van der Waals surface area contributed by atoms with Crippen molar-refractivity contribution in [2.24, 2.45) is 5.92 Å². The van der Waals surface area contributed by atoms with Gasteiger partial charge in [0.1, 0.15) is 11.9 Å². The van der Waals surface area contributed by atoms with Gasteiger partial charge >= 0.3 is 0 Å². The molecule has 1 aliphatic heterocycles. The molecule has 2 N–H and O–H groups in total. The molecule has 1 heterocycles. The van der Waals surface area contributed by atoms with E-state index in [0.29, 0.717) is 6.42 Å². The van der Waals surface area contributed by atoms with Crippen molar-refractivity contribution in [3.05, 3.63) is 29.8 Å². The molecule has 1 aromatic carbocycles. The largest absolute Gasteiger partial charge is 0.508 e. The summed E-state index contributed by atoms with van der Waals surface area (Å²) >= 11 is 0. The molecule has 2 rings (SSSR count). The minimum absolute atomic E-state index is 0.190. The smallest absolute Gasteiger partial charge is 0.115 e. The minimum atomic E-state index is -0.758. The number of benzene rings is 1. The molecule has 1 aromatic rings.